The highest BCUT2D eigenvalue weighted by molar-refractivity contribution is 7.00. The molecule has 0 aliphatic carbocycles. The van der Waals surface area contributed by atoms with Crippen LogP contribution in [0, 0.1) is 13.8 Å². The summed E-state index contributed by atoms with van der Waals surface area (Å²) in [5.74, 6) is 0.0657. The second-order valence-corrected chi connectivity index (χ2v) is 7.21. The first kappa shape index (κ1) is 20.5. The fraction of sp³-hybridized carbons (Fsp3) is 0.190. The lowest BCUT2D eigenvalue weighted by Crippen LogP contribution is -2.21. The van der Waals surface area contributed by atoms with Gasteiger partial charge in [-0.2, -0.15) is 8.75 Å². The van der Waals surface area contributed by atoms with E-state index in [9.17, 15) is 9.59 Å². The van der Waals surface area contributed by atoms with Gasteiger partial charge in [0.15, 0.2) is 6.61 Å². The summed E-state index contributed by atoms with van der Waals surface area (Å²) in [6, 6.07) is 11.8. The highest BCUT2D eigenvalue weighted by atomic mass is 32.1. The van der Waals surface area contributed by atoms with Crippen LogP contribution in [0.4, 0.5) is 5.69 Å². The van der Waals surface area contributed by atoms with E-state index in [-0.39, 0.29) is 12.2 Å². The topological polar surface area (TPSA) is 116 Å². The van der Waals surface area contributed by atoms with E-state index in [0.29, 0.717) is 28.2 Å². The Hall–Kier alpha value is -3.79. The van der Waals surface area contributed by atoms with Crippen LogP contribution in [-0.4, -0.2) is 32.4 Å². The molecule has 0 radical (unpaired) electrons. The van der Waals surface area contributed by atoms with Crippen molar-refractivity contribution in [3.8, 4) is 5.75 Å². The molecule has 0 atom stereocenters. The summed E-state index contributed by atoms with van der Waals surface area (Å²) < 4.78 is 24.3. The van der Waals surface area contributed by atoms with E-state index >= 15 is 0 Å². The van der Waals surface area contributed by atoms with Crippen LogP contribution >= 0.6 is 11.7 Å². The molecule has 9 nitrogen and oxygen atoms in total. The molecule has 0 bridgehead atoms. The van der Waals surface area contributed by atoms with Gasteiger partial charge in [-0.05, 0) is 44.2 Å². The number of amides is 1. The summed E-state index contributed by atoms with van der Waals surface area (Å²) in [5, 5.41) is 6.57. The van der Waals surface area contributed by atoms with Crippen molar-refractivity contribution in [2.24, 2.45) is 0 Å². The van der Waals surface area contributed by atoms with Crippen LogP contribution in [0.5, 0.6) is 5.75 Å². The van der Waals surface area contributed by atoms with Crippen LogP contribution in [0.25, 0.3) is 11.0 Å². The zero-order valence-electron chi connectivity index (χ0n) is 16.7. The van der Waals surface area contributed by atoms with Crippen LogP contribution in [-0.2, 0) is 16.1 Å². The number of fused-ring (bicyclic) bond motifs is 1. The van der Waals surface area contributed by atoms with E-state index in [4.69, 9.17) is 14.0 Å². The van der Waals surface area contributed by atoms with Gasteiger partial charge in [0.05, 0.1) is 34.2 Å². The van der Waals surface area contributed by atoms with Gasteiger partial charge in [0, 0.05) is 0 Å². The number of ether oxygens (including phenoxy) is 2. The van der Waals surface area contributed by atoms with Crippen LogP contribution in [0.15, 0.2) is 47.0 Å². The number of carbonyl (C=O) groups is 2. The van der Waals surface area contributed by atoms with Gasteiger partial charge >= 0.3 is 5.97 Å². The highest BCUT2D eigenvalue weighted by Gasteiger charge is 2.14. The Morgan fingerprint density at radius 1 is 1.13 bits per heavy atom. The minimum absolute atomic E-state index is 0.263. The molecule has 1 N–H and O–H groups in total. The van der Waals surface area contributed by atoms with E-state index in [1.807, 2.05) is 13.8 Å². The molecule has 2 aromatic heterocycles. The molecule has 0 unspecified atom stereocenters. The number of carbonyl (C=O) groups excluding carboxylic acids is 2. The quantitative estimate of drug-likeness (QED) is 0.435. The Morgan fingerprint density at radius 2 is 1.97 bits per heavy atom. The molecule has 4 rings (SSSR count). The molecular formula is C21H18N4O5S. The fourth-order valence-electron chi connectivity index (χ4n) is 2.88. The Labute approximate surface area is 181 Å². The third-order valence-corrected chi connectivity index (χ3v) is 5.07. The summed E-state index contributed by atoms with van der Waals surface area (Å²) in [4.78, 5) is 24.6. The number of aryl methyl sites for hydroxylation is 2. The van der Waals surface area contributed by atoms with Crippen molar-refractivity contribution in [3.63, 3.8) is 0 Å². The number of rotatable bonds is 7. The van der Waals surface area contributed by atoms with Crippen molar-refractivity contribution in [2.75, 3.05) is 11.9 Å². The number of anilines is 1. The zero-order valence-corrected chi connectivity index (χ0v) is 17.6. The fourth-order valence-corrected chi connectivity index (χ4v) is 3.43. The number of nitrogens with zero attached hydrogens (tertiary/aromatic N) is 3. The van der Waals surface area contributed by atoms with Gasteiger partial charge in [-0.25, -0.2) is 4.79 Å². The number of esters is 1. The molecular weight excluding hydrogens is 420 g/mol. The predicted molar refractivity (Wildman–Crippen MR) is 113 cm³/mol. The van der Waals surface area contributed by atoms with Crippen LogP contribution in [0.1, 0.15) is 27.4 Å². The average Bonchev–Trinajstić information content (AvgIpc) is 3.38. The van der Waals surface area contributed by atoms with Crippen molar-refractivity contribution < 1.29 is 23.6 Å². The standard InChI is InChI=1S/C21H18N4O5S/c1-12-16(13(2)30-23-12)10-28-15-6-3-5-14(9-15)21(27)29-11-19(26)22-17-7-4-8-18-20(17)25-31-24-18/h3-9H,10-11H2,1-2H3,(H,22,26). The lowest BCUT2D eigenvalue weighted by Gasteiger charge is -2.09. The van der Waals surface area contributed by atoms with Crippen LogP contribution < -0.4 is 10.1 Å². The largest absolute Gasteiger partial charge is 0.489 e. The van der Waals surface area contributed by atoms with Crippen molar-refractivity contribution >= 4 is 40.3 Å². The predicted octanol–water partition coefficient (Wildman–Crippen LogP) is 3.67. The van der Waals surface area contributed by atoms with Crippen molar-refractivity contribution in [3.05, 3.63) is 65.0 Å². The third-order valence-electron chi connectivity index (χ3n) is 4.53. The average molecular weight is 438 g/mol. The summed E-state index contributed by atoms with van der Waals surface area (Å²) in [5.41, 5.74) is 3.68. The minimum Gasteiger partial charge on any atom is -0.489 e. The molecule has 158 valence electrons. The van der Waals surface area contributed by atoms with Crippen molar-refractivity contribution in [2.45, 2.75) is 20.5 Å². The Kier molecular flexibility index (Phi) is 5.89. The van der Waals surface area contributed by atoms with E-state index in [2.05, 4.69) is 19.2 Å². The lowest BCUT2D eigenvalue weighted by molar-refractivity contribution is -0.119. The number of aromatic nitrogens is 3. The van der Waals surface area contributed by atoms with Gasteiger partial charge in [0.25, 0.3) is 5.91 Å². The molecule has 4 aromatic rings. The SMILES string of the molecule is Cc1noc(C)c1COc1cccc(C(=O)OCC(=O)Nc2cccc3nsnc23)c1. The summed E-state index contributed by atoms with van der Waals surface area (Å²) in [6.45, 7) is 3.47. The van der Waals surface area contributed by atoms with Gasteiger partial charge in [0.2, 0.25) is 0 Å². The van der Waals surface area contributed by atoms with Crippen LogP contribution in [0.3, 0.4) is 0 Å². The van der Waals surface area contributed by atoms with Gasteiger partial charge < -0.3 is 19.3 Å². The van der Waals surface area contributed by atoms with Gasteiger partial charge in [-0.1, -0.05) is 17.3 Å². The van der Waals surface area contributed by atoms with E-state index in [0.717, 1.165) is 23.0 Å². The lowest BCUT2D eigenvalue weighted by atomic mass is 10.2. The van der Waals surface area contributed by atoms with Gasteiger partial charge in [-0.3, -0.25) is 4.79 Å². The second kappa shape index (κ2) is 8.92. The molecule has 10 heteroatoms. The normalized spacial score (nSPS) is 10.8. The number of hydrogen-bond acceptors (Lipinski definition) is 9. The Morgan fingerprint density at radius 3 is 2.77 bits per heavy atom. The van der Waals surface area contributed by atoms with Gasteiger partial charge in [0.1, 0.15) is 29.2 Å². The first-order valence-corrected chi connectivity index (χ1v) is 10.1. The second-order valence-electron chi connectivity index (χ2n) is 6.68. The number of benzene rings is 2. The minimum atomic E-state index is -0.633. The molecule has 0 fully saturated rings. The van der Waals surface area contributed by atoms with E-state index in [1.54, 1.807) is 42.5 Å². The number of hydrogen-bond donors (Lipinski definition) is 1. The van der Waals surface area contributed by atoms with Crippen molar-refractivity contribution in [1.29, 1.82) is 0 Å². The van der Waals surface area contributed by atoms with Crippen LogP contribution in [0.2, 0.25) is 0 Å². The summed E-state index contributed by atoms with van der Waals surface area (Å²) in [7, 11) is 0. The maximum atomic E-state index is 12.4. The maximum Gasteiger partial charge on any atom is 0.338 e. The molecule has 31 heavy (non-hydrogen) atoms. The highest BCUT2D eigenvalue weighted by Crippen LogP contribution is 2.21. The Balaban J connectivity index is 1.33. The molecule has 2 heterocycles. The zero-order chi connectivity index (χ0) is 21.8. The smallest absolute Gasteiger partial charge is 0.338 e. The Bertz CT molecular complexity index is 1230. The summed E-state index contributed by atoms with van der Waals surface area (Å²) >= 11 is 1.06. The van der Waals surface area contributed by atoms with Crippen molar-refractivity contribution in [1.82, 2.24) is 13.9 Å². The molecule has 1 amide bonds. The third kappa shape index (κ3) is 4.69. The monoisotopic (exact) mass is 438 g/mol. The van der Waals surface area contributed by atoms with E-state index in [1.165, 1.54) is 0 Å². The van der Waals surface area contributed by atoms with E-state index < -0.39 is 18.5 Å². The molecule has 2 aromatic carbocycles. The molecule has 0 saturated heterocycles. The maximum absolute atomic E-state index is 12.4. The molecule has 0 spiro atoms. The molecule has 0 aliphatic rings. The molecule has 0 saturated carbocycles. The molecule has 0 aliphatic heterocycles. The first-order chi connectivity index (χ1) is 15.0. The number of nitrogens with one attached hydrogen (secondary N) is 1. The van der Waals surface area contributed by atoms with Gasteiger partial charge in [-0.15, -0.1) is 0 Å². The first-order valence-electron chi connectivity index (χ1n) is 9.34. The summed E-state index contributed by atoms with van der Waals surface area (Å²) in [6.07, 6.45) is 0.